The molecule has 10 atom stereocenters. The third kappa shape index (κ3) is 5.46. The van der Waals surface area contributed by atoms with E-state index in [1.165, 1.54) is 12.5 Å². The van der Waals surface area contributed by atoms with Crippen LogP contribution >= 0.6 is 0 Å². The molecule has 0 aromatic carbocycles. The fraction of sp³-hybridized carbons (Fsp3) is 0.774. The Morgan fingerprint density at radius 1 is 1.20 bits per heavy atom. The Morgan fingerprint density at radius 3 is 2.62 bits per heavy atom. The van der Waals surface area contributed by atoms with Gasteiger partial charge in [0.15, 0.2) is 18.2 Å². The number of fused-ring (bicyclic) bond motifs is 4. The standard InChI is InChI=1S/C31H46O9/c1-17(2)21-10-9-18(3)22-14-25(33)30(7)11-12-31(34-8,40-30)20(13-23(21)22)15-35-28-27(37-19(4)32)26-24(16-36-28)38-29(5,6)39-26/h9,11-13,17,21-28,33H,10,14-16H2,1-8H3/b20-13-/t21-,22+,23-,24+,25+,26+,27-,28+,30+,31-/m1/s1. The zero-order chi connectivity index (χ0) is 29.0. The van der Waals surface area contributed by atoms with Gasteiger partial charge in [0.2, 0.25) is 5.79 Å². The van der Waals surface area contributed by atoms with Crippen LogP contribution in [0.5, 0.6) is 0 Å². The molecule has 9 nitrogen and oxygen atoms in total. The normalized spacial score (nSPS) is 45.5. The Kier molecular flexibility index (Phi) is 8.15. The minimum absolute atomic E-state index is 0.102. The van der Waals surface area contributed by atoms with E-state index in [1.54, 1.807) is 7.11 Å². The van der Waals surface area contributed by atoms with Crippen LogP contribution in [0.4, 0.5) is 0 Å². The molecule has 1 aliphatic carbocycles. The molecule has 0 radical (unpaired) electrons. The number of esters is 1. The first-order chi connectivity index (χ1) is 18.8. The SMILES string of the molecule is CO[C@]12C=C[C@](C)(O1)[C@@H](O)C[C@H]1C(C)=CC[C@H](C(C)C)[C@H]1/C=C\2CO[C@H]1OC[C@@H]2OC(C)(C)O[C@@H]2[C@H]1OC(C)=O. The molecule has 0 saturated carbocycles. The first kappa shape index (κ1) is 29.9. The maximum Gasteiger partial charge on any atom is 0.303 e. The number of aliphatic hydroxyl groups excluding tert-OH is 1. The maximum atomic E-state index is 12.1. The molecule has 0 aromatic heterocycles. The van der Waals surface area contributed by atoms with Crippen molar-refractivity contribution in [2.24, 2.45) is 23.7 Å². The fourth-order valence-corrected chi connectivity index (χ4v) is 7.10. The number of rotatable bonds is 6. The Morgan fingerprint density at radius 2 is 1.95 bits per heavy atom. The summed E-state index contributed by atoms with van der Waals surface area (Å²) in [6, 6.07) is 0. The zero-order valence-corrected chi connectivity index (χ0v) is 25.0. The van der Waals surface area contributed by atoms with Crippen LogP contribution in [0.1, 0.15) is 61.3 Å². The lowest BCUT2D eigenvalue weighted by molar-refractivity contribution is -0.262. The van der Waals surface area contributed by atoms with Gasteiger partial charge in [0, 0.05) is 19.6 Å². The molecule has 9 heteroatoms. The Bertz CT molecular complexity index is 1060. The molecule has 5 rings (SSSR count). The van der Waals surface area contributed by atoms with Crippen LogP contribution < -0.4 is 0 Å². The van der Waals surface area contributed by atoms with Gasteiger partial charge in [-0.05, 0) is 76.4 Å². The van der Waals surface area contributed by atoms with Crippen molar-refractivity contribution in [3.8, 4) is 0 Å². The molecule has 0 unspecified atom stereocenters. The monoisotopic (exact) mass is 562 g/mol. The molecular formula is C31H46O9. The van der Waals surface area contributed by atoms with Crippen LogP contribution in [0.15, 0.2) is 35.5 Å². The van der Waals surface area contributed by atoms with Crippen molar-refractivity contribution in [1.29, 1.82) is 0 Å². The molecule has 0 spiro atoms. The summed E-state index contributed by atoms with van der Waals surface area (Å²) in [5.41, 5.74) is 1.15. The number of hydrogen-bond donors (Lipinski definition) is 1. The summed E-state index contributed by atoms with van der Waals surface area (Å²) in [5.74, 6) is -1.38. The van der Waals surface area contributed by atoms with E-state index in [9.17, 15) is 9.90 Å². The van der Waals surface area contributed by atoms with Crippen LogP contribution in [0.2, 0.25) is 0 Å². The summed E-state index contributed by atoms with van der Waals surface area (Å²) in [6.07, 6.45) is 6.59. The van der Waals surface area contributed by atoms with Crippen LogP contribution in [-0.2, 0) is 38.0 Å². The molecule has 4 heterocycles. The van der Waals surface area contributed by atoms with Gasteiger partial charge >= 0.3 is 5.97 Å². The van der Waals surface area contributed by atoms with Crippen LogP contribution in [0.25, 0.3) is 0 Å². The molecule has 2 saturated heterocycles. The second-order valence-electron chi connectivity index (χ2n) is 12.9. The summed E-state index contributed by atoms with van der Waals surface area (Å²) in [6.45, 7) is 13.9. The highest BCUT2D eigenvalue weighted by Gasteiger charge is 2.55. The number of carbonyl (C=O) groups is 1. The van der Waals surface area contributed by atoms with Gasteiger partial charge in [-0.2, -0.15) is 0 Å². The summed E-state index contributed by atoms with van der Waals surface area (Å²) >= 11 is 0. The molecule has 0 amide bonds. The molecule has 224 valence electrons. The Hall–Kier alpha value is -1.59. The van der Waals surface area contributed by atoms with Gasteiger partial charge in [-0.1, -0.05) is 31.6 Å². The lowest BCUT2D eigenvalue weighted by Gasteiger charge is -2.40. The quantitative estimate of drug-likeness (QED) is 0.380. The van der Waals surface area contributed by atoms with E-state index in [-0.39, 0.29) is 31.2 Å². The first-order valence-corrected chi connectivity index (χ1v) is 14.5. The van der Waals surface area contributed by atoms with Gasteiger partial charge in [-0.15, -0.1) is 0 Å². The van der Waals surface area contributed by atoms with Crippen molar-refractivity contribution in [1.82, 2.24) is 0 Å². The van der Waals surface area contributed by atoms with E-state index in [2.05, 4.69) is 32.9 Å². The number of ether oxygens (including phenoxy) is 7. The predicted molar refractivity (Wildman–Crippen MR) is 146 cm³/mol. The van der Waals surface area contributed by atoms with Crippen LogP contribution in [-0.4, -0.2) is 79.3 Å². The number of hydrogen-bond acceptors (Lipinski definition) is 9. The van der Waals surface area contributed by atoms with E-state index in [4.69, 9.17) is 33.2 Å². The molecule has 4 aliphatic heterocycles. The fourth-order valence-electron chi connectivity index (χ4n) is 7.10. The zero-order valence-electron chi connectivity index (χ0n) is 25.0. The maximum absolute atomic E-state index is 12.1. The number of aliphatic hydroxyl groups is 1. The topological polar surface area (TPSA) is 102 Å². The van der Waals surface area contributed by atoms with Crippen LogP contribution in [0, 0.1) is 23.7 Å². The van der Waals surface area contributed by atoms with Crippen molar-refractivity contribution in [2.45, 2.75) is 109 Å². The Labute approximate surface area is 237 Å². The molecule has 1 N–H and O–H groups in total. The summed E-state index contributed by atoms with van der Waals surface area (Å²) in [7, 11) is 1.60. The molecule has 5 aliphatic rings. The lowest BCUT2D eigenvalue weighted by atomic mass is 9.65. The van der Waals surface area contributed by atoms with Gasteiger partial charge in [0.05, 0.1) is 19.3 Å². The van der Waals surface area contributed by atoms with E-state index in [0.717, 1.165) is 12.0 Å². The van der Waals surface area contributed by atoms with Gasteiger partial charge in [0.25, 0.3) is 0 Å². The Balaban J connectivity index is 1.49. The van der Waals surface area contributed by atoms with Gasteiger partial charge in [-0.25, -0.2) is 0 Å². The highest BCUT2D eigenvalue weighted by molar-refractivity contribution is 5.66. The minimum Gasteiger partial charge on any atom is -0.454 e. The molecular weight excluding hydrogens is 516 g/mol. The summed E-state index contributed by atoms with van der Waals surface area (Å²) in [4.78, 5) is 12.1. The van der Waals surface area contributed by atoms with Crippen molar-refractivity contribution >= 4 is 5.97 Å². The van der Waals surface area contributed by atoms with E-state index < -0.39 is 47.7 Å². The second-order valence-corrected chi connectivity index (χ2v) is 12.9. The molecule has 2 fully saturated rings. The third-order valence-corrected chi connectivity index (χ3v) is 9.34. The lowest BCUT2D eigenvalue weighted by Crippen LogP contribution is -2.54. The van der Waals surface area contributed by atoms with Crippen molar-refractivity contribution < 1.29 is 43.1 Å². The van der Waals surface area contributed by atoms with Gasteiger partial charge in [-0.3, -0.25) is 4.79 Å². The highest BCUT2D eigenvalue weighted by Crippen LogP contribution is 2.49. The van der Waals surface area contributed by atoms with Crippen LogP contribution in [0.3, 0.4) is 0 Å². The molecule has 0 aromatic rings. The molecule has 2 bridgehead atoms. The number of allylic oxidation sites excluding steroid dienone is 3. The average molecular weight is 563 g/mol. The predicted octanol–water partition coefficient (Wildman–Crippen LogP) is 4.04. The van der Waals surface area contributed by atoms with E-state index in [0.29, 0.717) is 18.3 Å². The third-order valence-electron chi connectivity index (χ3n) is 9.34. The summed E-state index contributed by atoms with van der Waals surface area (Å²) < 4.78 is 42.9. The smallest absolute Gasteiger partial charge is 0.303 e. The summed E-state index contributed by atoms with van der Waals surface area (Å²) in [5, 5.41) is 11.4. The van der Waals surface area contributed by atoms with Crippen molar-refractivity contribution in [3.63, 3.8) is 0 Å². The largest absolute Gasteiger partial charge is 0.454 e. The average Bonchev–Trinajstić information content (AvgIpc) is 3.41. The van der Waals surface area contributed by atoms with Gasteiger partial charge < -0.3 is 38.3 Å². The van der Waals surface area contributed by atoms with Gasteiger partial charge in [0.1, 0.15) is 17.8 Å². The highest BCUT2D eigenvalue weighted by atomic mass is 16.8. The van der Waals surface area contributed by atoms with E-state index >= 15 is 0 Å². The minimum atomic E-state index is -1.22. The van der Waals surface area contributed by atoms with Crippen molar-refractivity contribution in [3.05, 3.63) is 35.5 Å². The number of carbonyl (C=O) groups excluding carboxylic acids is 1. The first-order valence-electron chi connectivity index (χ1n) is 14.5. The second kappa shape index (κ2) is 10.9. The molecule has 40 heavy (non-hydrogen) atoms. The van der Waals surface area contributed by atoms with E-state index in [1.807, 2.05) is 32.9 Å². The number of methoxy groups -OCH3 is 1. The van der Waals surface area contributed by atoms with Crippen molar-refractivity contribution in [2.75, 3.05) is 20.3 Å².